The number of rotatable bonds is 2. The molecule has 0 aliphatic rings. The fourth-order valence-corrected chi connectivity index (χ4v) is 1.47. The van der Waals surface area contributed by atoms with Gasteiger partial charge in [0.05, 0.1) is 6.20 Å². The van der Waals surface area contributed by atoms with Crippen LogP contribution in [0.15, 0.2) is 34.9 Å². The molecule has 0 saturated carbocycles. The van der Waals surface area contributed by atoms with Crippen LogP contribution in [-0.2, 0) is 6.42 Å². The molecule has 0 radical (unpaired) electrons. The summed E-state index contributed by atoms with van der Waals surface area (Å²) in [5, 5.41) is 0.718. The predicted molar refractivity (Wildman–Crippen MR) is 55.2 cm³/mol. The van der Waals surface area contributed by atoms with E-state index >= 15 is 0 Å². The molecule has 72 valence electrons. The molecule has 2 rings (SSSR count). The van der Waals surface area contributed by atoms with E-state index < -0.39 is 0 Å². The van der Waals surface area contributed by atoms with Gasteiger partial charge in [-0.15, -0.1) is 0 Å². The molecule has 4 heteroatoms. The summed E-state index contributed by atoms with van der Waals surface area (Å²) in [6, 6.07) is 7.80. The average Bonchev–Trinajstić information content (AvgIpc) is 2.51. The fourth-order valence-electron chi connectivity index (χ4n) is 1.25. The van der Waals surface area contributed by atoms with Crippen LogP contribution in [0.1, 0.15) is 11.3 Å². The Kier molecular flexibility index (Phi) is 2.41. The maximum Gasteiger partial charge on any atom is 0.292 e. The van der Waals surface area contributed by atoms with Gasteiger partial charge in [-0.2, -0.15) is 0 Å². The van der Waals surface area contributed by atoms with Crippen LogP contribution >= 0.6 is 11.6 Å². The highest BCUT2D eigenvalue weighted by molar-refractivity contribution is 6.30. The van der Waals surface area contributed by atoms with Gasteiger partial charge in [0.25, 0.3) is 6.01 Å². The Hall–Kier alpha value is -1.48. The van der Waals surface area contributed by atoms with Crippen LogP contribution in [0.3, 0.4) is 0 Å². The number of nitrogen functional groups attached to an aromatic ring is 1. The number of hydrogen-bond donors (Lipinski definition) is 1. The van der Waals surface area contributed by atoms with Crippen LogP contribution in [0.25, 0.3) is 0 Å². The van der Waals surface area contributed by atoms with Gasteiger partial charge in [0.1, 0.15) is 5.76 Å². The Bertz CT molecular complexity index is 439. The third kappa shape index (κ3) is 2.06. The Morgan fingerprint density at radius 3 is 2.93 bits per heavy atom. The monoisotopic (exact) mass is 208 g/mol. The van der Waals surface area contributed by atoms with Crippen molar-refractivity contribution in [2.24, 2.45) is 0 Å². The molecule has 0 saturated heterocycles. The van der Waals surface area contributed by atoms with Gasteiger partial charge in [-0.05, 0) is 17.7 Å². The lowest BCUT2D eigenvalue weighted by Gasteiger charge is -1.97. The highest BCUT2D eigenvalue weighted by atomic mass is 35.5. The van der Waals surface area contributed by atoms with E-state index in [2.05, 4.69) is 4.98 Å². The summed E-state index contributed by atoms with van der Waals surface area (Å²) >= 11 is 5.85. The number of nitrogens with two attached hydrogens (primary N) is 1. The molecule has 0 aliphatic heterocycles. The van der Waals surface area contributed by atoms with Crippen molar-refractivity contribution in [3.63, 3.8) is 0 Å². The van der Waals surface area contributed by atoms with E-state index in [1.807, 2.05) is 24.3 Å². The van der Waals surface area contributed by atoms with Gasteiger partial charge in [-0.1, -0.05) is 23.7 Å². The topological polar surface area (TPSA) is 52.0 Å². The Morgan fingerprint density at radius 1 is 1.43 bits per heavy atom. The first-order valence-corrected chi connectivity index (χ1v) is 4.56. The molecular formula is C10H9ClN2O. The molecule has 3 nitrogen and oxygen atoms in total. The van der Waals surface area contributed by atoms with E-state index in [1.165, 1.54) is 0 Å². The molecule has 0 aliphatic carbocycles. The first-order valence-electron chi connectivity index (χ1n) is 4.18. The summed E-state index contributed by atoms with van der Waals surface area (Å²) < 4.78 is 5.15. The van der Waals surface area contributed by atoms with Crippen LogP contribution in [0.4, 0.5) is 6.01 Å². The Balaban J connectivity index is 2.18. The second kappa shape index (κ2) is 3.72. The van der Waals surface area contributed by atoms with E-state index in [0.29, 0.717) is 6.42 Å². The van der Waals surface area contributed by atoms with Crippen molar-refractivity contribution < 1.29 is 4.42 Å². The van der Waals surface area contributed by atoms with Crippen LogP contribution in [0, 0.1) is 0 Å². The molecular weight excluding hydrogens is 200 g/mol. The largest absolute Gasteiger partial charge is 0.429 e. The lowest BCUT2D eigenvalue weighted by atomic mass is 10.1. The Morgan fingerprint density at radius 2 is 2.29 bits per heavy atom. The van der Waals surface area contributed by atoms with E-state index in [1.54, 1.807) is 6.20 Å². The van der Waals surface area contributed by atoms with Gasteiger partial charge in [0, 0.05) is 11.4 Å². The Labute approximate surface area is 86.5 Å². The number of oxazole rings is 1. The zero-order valence-corrected chi connectivity index (χ0v) is 8.16. The molecule has 1 aromatic carbocycles. The van der Waals surface area contributed by atoms with E-state index in [-0.39, 0.29) is 6.01 Å². The second-order valence-corrected chi connectivity index (χ2v) is 3.41. The highest BCUT2D eigenvalue weighted by Gasteiger charge is 2.02. The zero-order valence-electron chi connectivity index (χ0n) is 7.40. The molecule has 2 N–H and O–H groups in total. The van der Waals surface area contributed by atoms with Crippen LogP contribution in [-0.4, -0.2) is 4.98 Å². The third-order valence-corrected chi connectivity index (χ3v) is 2.07. The lowest BCUT2D eigenvalue weighted by molar-refractivity contribution is 0.534. The summed E-state index contributed by atoms with van der Waals surface area (Å²) in [7, 11) is 0. The van der Waals surface area contributed by atoms with Gasteiger partial charge in [-0.3, -0.25) is 0 Å². The van der Waals surface area contributed by atoms with Gasteiger partial charge in [0.2, 0.25) is 0 Å². The second-order valence-electron chi connectivity index (χ2n) is 2.97. The molecule has 0 atom stereocenters. The van der Waals surface area contributed by atoms with E-state index in [9.17, 15) is 0 Å². The zero-order chi connectivity index (χ0) is 9.97. The minimum atomic E-state index is 0.196. The van der Waals surface area contributed by atoms with Crippen molar-refractivity contribution in [2.45, 2.75) is 6.42 Å². The summed E-state index contributed by atoms with van der Waals surface area (Å²) in [6.07, 6.45) is 2.28. The van der Waals surface area contributed by atoms with Gasteiger partial charge in [0.15, 0.2) is 0 Å². The lowest BCUT2D eigenvalue weighted by Crippen LogP contribution is -1.85. The van der Waals surface area contributed by atoms with Gasteiger partial charge in [-0.25, -0.2) is 4.98 Å². The number of benzene rings is 1. The molecule has 0 bridgehead atoms. The predicted octanol–water partition coefficient (Wildman–Crippen LogP) is 2.50. The summed E-state index contributed by atoms with van der Waals surface area (Å²) in [5.41, 5.74) is 6.44. The molecule has 2 aromatic rings. The number of aromatic nitrogens is 1. The van der Waals surface area contributed by atoms with Crippen molar-refractivity contribution in [3.05, 3.63) is 46.8 Å². The van der Waals surface area contributed by atoms with Crippen molar-refractivity contribution >= 4 is 17.6 Å². The van der Waals surface area contributed by atoms with Crippen molar-refractivity contribution in [2.75, 3.05) is 5.73 Å². The smallest absolute Gasteiger partial charge is 0.292 e. The minimum absolute atomic E-state index is 0.196. The van der Waals surface area contributed by atoms with E-state index in [4.69, 9.17) is 21.8 Å². The number of anilines is 1. The first kappa shape index (κ1) is 9.09. The number of nitrogens with zero attached hydrogens (tertiary/aromatic N) is 1. The molecule has 0 fully saturated rings. The molecule has 0 spiro atoms. The maximum absolute atomic E-state index is 5.85. The SMILES string of the molecule is Nc1ncc(Cc2cccc(Cl)c2)o1. The van der Waals surface area contributed by atoms with Crippen molar-refractivity contribution in [1.82, 2.24) is 4.98 Å². The standard InChI is InChI=1S/C10H9ClN2O/c11-8-3-1-2-7(4-8)5-9-6-13-10(12)14-9/h1-4,6H,5H2,(H2,12,13). The van der Waals surface area contributed by atoms with Crippen LogP contribution in [0.2, 0.25) is 5.02 Å². The van der Waals surface area contributed by atoms with Crippen molar-refractivity contribution in [3.8, 4) is 0 Å². The van der Waals surface area contributed by atoms with E-state index in [0.717, 1.165) is 16.3 Å². The average molecular weight is 209 g/mol. The van der Waals surface area contributed by atoms with Crippen LogP contribution < -0.4 is 5.73 Å². The molecule has 1 heterocycles. The molecule has 0 amide bonds. The van der Waals surface area contributed by atoms with Crippen molar-refractivity contribution in [1.29, 1.82) is 0 Å². The normalized spacial score (nSPS) is 10.4. The quantitative estimate of drug-likeness (QED) is 0.825. The minimum Gasteiger partial charge on any atom is -0.429 e. The fraction of sp³-hybridized carbons (Fsp3) is 0.100. The third-order valence-electron chi connectivity index (χ3n) is 1.84. The number of halogens is 1. The van der Waals surface area contributed by atoms with Gasteiger partial charge >= 0.3 is 0 Å². The number of hydrogen-bond acceptors (Lipinski definition) is 3. The summed E-state index contributed by atoms with van der Waals surface area (Å²) in [6.45, 7) is 0. The molecule has 14 heavy (non-hydrogen) atoms. The van der Waals surface area contributed by atoms with Crippen LogP contribution in [0.5, 0.6) is 0 Å². The first-order chi connectivity index (χ1) is 6.74. The summed E-state index contributed by atoms with van der Waals surface area (Å²) in [5.74, 6) is 0.741. The van der Waals surface area contributed by atoms with Gasteiger partial charge < -0.3 is 10.2 Å². The molecule has 1 aromatic heterocycles. The molecule has 0 unspecified atom stereocenters. The highest BCUT2D eigenvalue weighted by Crippen LogP contribution is 2.15. The summed E-state index contributed by atoms with van der Waals surface area (Å²) in [4.78, 5) is 3.81. The maximum atomic E-state index is 5.85.